The predicted octanol–water partition coefficient (Wildman–Crippen LogP) is 10.3. The van der Waals surface area contributed by atoms with Crippen LogP contribution in [0.3, 0.4) is 0 Å². The lowest BCUT2D eigenvalue weighted by molar-refractivity contribution is 0.571. The van der Waals surface area contributed by atoms with Crippen LogP contribution in [0.5, 0.6) is 0 Å². The molecule has 0 aliphatic carbocycles. The van der Waals surface area contributed by atoms with E-state index in [0.29, 0.717) is 0 Å². The molecule has 0 aliphatic heterocycles. The molecule has 0 radical (unpaired) electrons. The van der Waals surface area contributed by atoms with Gasteiger partial charge in [-0.05, 0) is 61.0 Å². The van der Waals surface area contributed by atoms with E-state index in [4.69, 9.17) is 8.83 Å². The molecule has 2 heterocycles. The molecule has 4 nitrogen and oxygen atoms in total. The molecule has 0 aliphatic rings. The lowest BCUT2D eigenvalue weighted by Gasteiger charge is -2.19. The third kappa shape index (κ3) is 4.09. The summed E-state index contributed by atoms with van der Waals surface area (Å²) >= 11 is 0. The van der Waals surface area contributed by atoms with Crippen LogP contribution in [0, 0.1) is 0 Å². The van der Waals surface area contributed by atoms with Gasteiger partial charge in [0, 0.05) is 11.1 Å². The van der Waals surface area contributed by atoms with E-state index in [-0.39, 0.29) is 0 Å². The molecule has 4 heteroatoms. The normalized spacial score (nSPS) is 11.3. The van der Waals surface area contributed by atoms with Crippen molar-refractivity contribution < 1.29 is 8.83 Å². The summed E-state index contributed by atoms with van der Waals surface area (Å²) in [6.07, 6.45) is 6.42. The Hall–Kier alpha value is -5.74. The summed E-state index contributed by atoms with van der Waals surface area (Å²) in [6.45, 7) is 0. The van der Waals surface area contributed by atoms with Gasteiger partial charge in [-0.15, -0.1) is 0 Å². The number of benzene rings is 6. The molecule has 0 spiro atoms. The summed E-state index contributed by atoms with van der Waals surface area (Å²) in [5.74, 6) is 1.51. The maximum absolute atomic E-state index is 5.55. The molecular formula is C38H24N2O2. The summed E-state index contributed by atoms with van der Waals surface area (Å²) in [5.41, 5.74) is 9.10. The van der Waals surface area contributed by atoms with E-state index in [9.17, 15) is 0 Å². The fourth-order valence-corrected chi connectivity index (χ4v) is 5.93. The molecule has 0 saturated carbocycles. The van der Waals surface area contributed by atoms with Crippen molar-refractivity contribution in [2.45, 2.75) is 0 Å². The first kappa shape index (κ1) is 24.1. The largest absolute Gasteiger partial charge is 0.444 e. The molecule has 6 aromatic carbocycles. The van der Waals surface area contributed by atoms with Gasteiger partial charge in [-0.2, -0.15) is 0 Å². The third-order valence-electron chi connectivity index (χ3n) is 7.91. The van der Waals surface area contributed by atoms with Crippen LogP contribution in [-0.2, 0) is 0 Å². The van der Waals surface area contributed by atoms with E-state index in [2.05, 4.69) is 131 Å². The second-order valence-electron chi connectivity index (χ2n) is 10.3. The van der Waals surface area contributed by atoms with Crippen LogP contribution in [0.1, 0.15) is 0 Å². The fraction of sp³-hybridized carbons (Fsp3) is 0. The number of rotatable bonds is 5. The zero-order valence-electron chi connectivity index (χ0n) is 22.6. The average molecular weight is 541 g/mol. The van der Waals surface area contributed by atoms with Crippen LogP contribution >= 0.6 is 0 Å². The highest BCUT2D eigenvalue weighted by atomic mass is 16.3. The van der Waals surface area contributed by atoms with Crippen molar-refractivity contribution in [3.63, 3.8) is 0 Å². The van der Waals surface area contributed by atoms with Gasteiger partial charge in [0.25, 0.3) is 0 Å². The molecule has 8 rings (SSSR count). The Morgan fingerprint density at radius 3 is 1.33 bits per heavy atom. The highest BCUT2D eigenvalue weighted by molar-refractivity contribution is 6.22. The number of aromatic nitrogens is 2. The standard InChI is InChI=1S/C38H24N2O2/c1-2-6-25(7-3-1)30-18-19-33-34(20-30)38(29-16-12-27(13-17-29)36-22-40-24-42-36)32-9-5-4-8-31(32)37(33)28-14-10-26(11-15-28)35-21-39-23-41-35/h1-24H. The first-order chi connectivity index (χ1) is 20.8. The van der Waals surface area contributed by atoms with Crippen LogP contribution in [0.15, 0.2) is 155 Å². The monoisotopic (exact) mass is 540 g/mol. The Kier molecular flexibility index (Phi) is 5.75. The third-order valence-corrected chi connectivity index (χ3v) is 7.91. The van der Waals surface area contributed by atoms with Crippen molar-refractivity contribution in [2.24, 2.45) is 0 Å². The molecule has 0 N–H and O–H groups in total. The maximum atomic E-state index is 5.55. The minimum absolute atomic E-state index is 0.756. The first-order valence-corrected chi connectivity index (χ1v) is 13.9. The van der Waals surface area contributed by atoms with Gasteiger partial charge in [0.05, 0.1) is 12.4 Å². The highest BCUT2D eigenvalue weighted by Crippen LogP contribution is 2.45. The van der Waals surface area contributed by atoms with Gasteiger partial charge in [0.2, 0.25) is 0 Å². The summed E-state index contributed by atoms with van der Waals surface area (Å²) < 4.78 is 11.1. The molecule has 8 aromatic rings. The first-order valence-electron chi connectivity index (χ1n) is 13.9. The number of fused-ring (bicyclic) bond motifs is 2. The maximum Gasteiger partial charge on any atom is 0.181 e. The number of nitrogens with zero attached hydrogens (tertiary/aromatic N) is 2. The van der Waals surface area contributed by atoms with Crippen molar-refractivity contribution in [3.05, 3.63) is 147 Å². The molecule has 0 saturated heterocycles. The average Bonchev–Trinajstić information content (AvgIpc) is 3.80. The van der Waals surface area contributed by atoms with Crippen molar-refractivity contribution in [2.75, 3.05) is 0 Å². The molecule has 198 valence electrons. The minimum atomic E-state index is 0.756. The van der Waals surface area contributed by atoms with Crippen LogP contribution in [0.2, 0.25) is 0 Å². The Morgan fingerprint density at radius 1 is 0.357 bits per heavy atom. The molecule has 2 aromatic heterocycles. The molecule has 0 atom stereocenters. The van der Waals surface area contributed by atoms with Crippen LogP contribution in [0.4, 0.5) is 0 Å². The Bertz CT molecular complexity index is 2150. The zero-order valence-corrected chi connectivity index (χ0v) is 22.6. The fourth-order valence-electron chi connectivity index (χ4n) is 5.93. The van der Waals surface area contributed by atoms with E-state index in [1.165, 1.54) is 56.6 Å². The Labute approximate surface area is 242 Å². The highest BCUT2D eigenvalue weighted by Gasteiger charge is 2.18. The molecule has 0 fully saturated rings. The van der Waals surface area contributed by atoms with Gasteiger partial charge in [-0.1, -0.05) is 115 Å². The van der Waals surface area contributed by atoms with E-state index in [1.54, 1.807) is 12.4 Å². The number of oxazole rings is 2. The van der Waals surface area contributed by atoms with Crippen LogP contribution in [-0.4, -0.2) is 9.97 Å². The van der Waals surface area contributed by atoms with Crippen molar-refractivity contribution in [1.82, 2.24) is 9.97 Å². The van der Waals surface area contributed by atoms with Gasteiger partial charge < -0.3 is 8.83 Å². The summed E-state index contributed by atoms with van der Waals surface area (Å²) in [4.78, 5) is 8.16. The number of hydrogen-bond donors (Lipinski definition) is 0. The molecule has 0 amide bonds. The topological polar surface area (TPSA) is 52.1 Å². The van der Waals surface area contributed by atoms with Crippen molar-refractivity contribution in [3.8, 4) is 56.0 Å². The van der Waals surface area contributed by atoms with Gasteiger partial charge in [-0.3, -0.25) is 0 Å². The molecule has 42 heavy (non-hydrogen) atoms. The van der Waals surface area contributed by atoms with E-state index in [0.717, 1.165) is 33.8 Å². The van der Waals surface area contributed by atoms with Gasteiger partial charge >= 0.3 is 0 Å². The zero-order chi connectivity index (χ0) is 27.9. The van der Waals surface area contributed by atoms with E-state index < -0.39 is 0 Å². The van der Waals surface area contributed by atoms with E-state index >= 15 is 0 Å². The Balaban J connectivity index is 1.40. The second-order valence-corrected chi connectivity index (χ2v) is 10.3. The molecule has 0 bridgehead atoms. The van der Waals surface area contributed by atoms with E-state index in [1.807, 2.05) is 0 Å². The smallest absolute Gasteiger partial charge is 0.181 e. The van der Waals surface area contributed by atoms with Crippen molar-refractivity contribution >= 4 is 21.5 Å². The molecular weight excluding hydrogens is 516 g/mol. The lowest BCUT2D eigenvalue weighted by Crippen LogP contribution is -1.92. The lowest BCUT2D eigenvalue weighted by atomic mass is 9.84. The van der Waals surface area contributed by atoms with Gasteiger partial charge in [0.15, 0.2) is 24.3 Å². The number of hydrogen-bond acceptors (Lipinski definition) is 4. The predicted molar refractivity (Wildman–Crippen MR) is 169 cm³/mol. The summed E-state index contributed by atoms with van der Waals surface area (Å²) in [5, 5.41) is 4.82. The summed E-state index contributed by atoms with van der Waals surface area (Å²) in [7, 11) is 0. The molecule has 0 unspecified atom stereocenters. The van der Waals surface area contributed by atoms with Crippen molar-refractivity contribution in [1.29, 1.82) is 0 Å². The second kappa shape index (κ2) is 10.0. The SMILES string of the molecule is c1ccc(-c2ccc3c(-c4ccc(-c5cnco5)cc4)c4ccccc4c(-c4ccc(-c5cnco5)cc4)c3c2)cc1. The van der Waals surface area contributed by atoms with Gasteiger partial charge in [0.1, 0.15) is 0 Å². The van der Waals surface area contributed by atoms with Crippen LogP contribution in [0.25, 0.3) is 77.6 Å². The van der Waals surface area contributed by atoms with Crippen LogP contribution < -0.4 is 0 Å². The Morgan fingerprint density at radius 2 is 0.810 bits per heavy atom. The summed E-state index contributed by atoms with van der Waals surface area (Å²) in [6, 6.07) is 43.2. The van der Waals surface area contributed by atoms with Gasteiger partial charge in [-0.25, -0.2) is 9.97 Å². The quantitative estimate of drug-likeness (QED) is 0.204. The minimum Gasteiger partial charge on any atom is -0.444 e.